The van der Waals surface area contributed by atoms with Crippen LogP contribution in [0.25, 0.3) is 0 Å². The van der Waals surface area contributed by atoms with Crippen molar-refractivity contribution in [2.24, 2.45) is 23.2 Å². The van der Waals surface area contributed by atoms with Gasteiger partial charge in [0, 0.05) is 0 Å². The van der Waals surface area contributed by atoms with E-state index in [1.54, 1.807) is 0 Å². The summed E-state index contributed by atoms with van der Waals surface area (Å²) < 4.78 is 0. The van der Waals surface area contributed by atoms with Gasteiger partial charge in [0.2, 0.25) is 0 Å². The van der Waals surface area contributed by atoms with Gasteiger partial charge in [0.15, 0.2) is 0 Å². The summed E-state index contributed by atoms with van der Waals surface area (Å²) in [5.41, 5.74) is 0.0815. The van der Waals surface area contributed by atoms with Crippen LogP contribution in [0.5, 0.6) is 0 Å². The number of aliphatic carboxylic acids is 1. The molecule has 0 aromatic heterocycles. The molecule has 16 heavy (non-hydrogen) atoms. The van der Waals surface area contributed by atoms with Crippen molar-refractivity contribution in [2.45, 2.75) is 58.8 Å². The number of carboxylic acids is 1. The average Bonchev–Trinajstić information content (AvgIpc) is 2.13. The second kappa shape index (κ2) is 4.38. The monoisotopic (exact) mass is 224 g/mol. The number of carboxylic acid groups (broad SMARTS) is 1. The maximum atomic E-state index is 10.9. The maximum Gasteiger partial charge on any atom is 0.303 e. The fourth-order valence-corrected chi connectivity index (χ4v) is 4.36. The van der Waals surface area contributed by atoms with E-state index in [9.17, 15) is 4.79 Å². The lowest BCUT2D eigenvalue weighted by Crippen LogP contribution is -2.37. The van der Waals surface area contributed by atoms with Crippen molar-refractivity contribution in [3.05, 3.63) is 0 Å². The zero-order valence-electron chi connectivity index (χ0n) is 10.5. The summed E-state index contributed by atoms with van der Waals surface area (Å²) >= 11 is 0. The summed E-state index contributed by atoms with van der Waals surface area (Å²) in [5, 5.41) is 8.99. The van der Waals surface area contributed by atoms with Gasteiger partial charge in [0.25, 0.3) is 0 Å². The Morgan fingerprint density at radius 2 is 1.81 bits per heavy atom. The van der Waals surface area contributed by atoms with Crippen LogP contribution in [0.1, 0.15) is 58.8 Å². The van der Waals surface area contributed by atoms with E-state index < -0.39 is 5.97 Å². The summed E-state index contributed by atoms with van der Waals surface area (Å²) in [7, 11) is 0. The number of rotatable bonds is 3. The van der Waals surface area contributed by atoms with Crippen LogP contribution in [-0.2, 0) is 4.79 Å². The molecular weight excluding hydrogens is 200 g/mol. The predicted molar refractivity (Wildman–Crippen MR) is 64.2 cm³/mol. The normalized spacial score (nSPS) is 43.0. The first-order valence-electron chi connectivity index (χ1n) is 6.72. The van der Waals surface area contributed by atoms with Crippen molar-refractivity contribution in [2.75, 3.05) is 0 Å². The molecule has 0 spiro atoms. The highest BCUT2D eigenvalue weighted by molar-refractivity contribution is 5.67. The van der Waals surface area contributed by atoms with Gasteiger partial charge in [-0.05, 0) is 55.3 Å². The lowest BCUT2D eigenvalue weighted by Gasteiger charge is -2.47. The van der Waals surface area contributed by atoms with Crippen molar-refractivity contribution in [1.82, 2.24) is 0 Å². The smallest absolute Gasteiger partial charge is 0.303 e. The molecule has 0 aromatic carbocycles. The SMILES string of the molecule is CCC1CC2CC(C1)CC(C)(CC(=O)O)C2. The zero-order chi connectivity index (χ0) is 11.8. The van der Waals surface area contributed by atoms with Gasteiger partial charge in [-0.2, -0.15) is 0 Å². The van der Waals surface area contributed by atoms with E-state index in [4.69, 9.17) is 5.11 Å². The third-order valence-electron chi connectivity index (χ3n) is 4.72. The van der Waals surface area contributed by atoms with Crippen molar-refractivity contribution < 1.29 is 9.90 Å². The molecule has 2 rings (SSSR count). The van der Waals surface area contributed by atoms with Gasteiger partial charge in [0.1, 0.15) is 0 Å². The first kappa shape index (κ1) is 11.9. The van der Waals surface area contributed by atoms with E-state index in [-0.39, 0.29) is 5.41 Å². The minimum absolute atomic E-state index is 0.0815. The highest BCUT2D eigenvalue weighted by Gasteiger charge is 2.42. The molecule has 0 heterocycles. The van der Waals surface area contributed by atoms with E-state index in [0.717, 1.165) is 30.6 Å². The van der Waals surface area contributed by atoms with Crippen LogP contribution in [0, 0.1) is 23.2 Å². The molecule has 2 bridgehead atoms. The van der Waals surface area contributed by atoms with Crippen LogP contribution < -0.4 is 0 Å². The van der Waals surface area contributed by atoms with Gasteiger partial charge in [-0.15, -0.1) is 0 Å². The number of fused-ring (bicyclic) bond motifs is 2. The molecule has 2 saturated carbocycles. The van der Waals surface area contributed by atoms with Crippen molar-refractivity contribution in [3.8, 4) is 0 Å². The Hall–Kier alpha value is -0.530. The van der Waals surface area contributed by atoms with E-state index in [1.807, 2.05) is 0 Å². The third-order valence-corrected chi connectivity index (χ3v) is 4.72. The second-order valence-electron chi connectivity index (χ2n) is 6.50. The number of carbonyl (C=O) groups is 1. The average molecular weight is 224 g/mol. The van der Waals surface area contributed by atoms with Gasteiger partial charge >= 0.3 is 5.97 Å². The van der Waals surface area contributed by atoms with Crippen LogP contribution in [-0.4, -0.2) is 11.1 Å². The van der Waals surface area contributed by atoms with E-state index in [1.165, 1.54) is 25.7 Å². The van der Waals surface area contributed by atoms with E-state index >= 15 is 0 Å². The first-order valence-corrected chi connectivity index (χ1v) is 6.72. The highest BCUT2D eigenvalue weighted by atomic mass is 16.4. The van der Waals surface area contributed by atoms with Crippen LogP contribution >= 0.6 is 0 Å². The molecule has 0 aliphatic heterocycles. The zero-order valence-corrected chi connectivity index (χ0v) is 10.5. The standard InChI is InChI=1S/C14H24O2/c1-3-10-4-11-6-12(5-10)8-14(2,7-11)9-13(15)16/h10-12H,3-9H2,1-2H3,(H,15,16). The Bertz CT molecular complexity index is 258. The topological polar surface area (TPSA) is 37.3 Å². The largest absolute Gasteiger partial charge is 0.481 e. The summed E-state index contributed by atoms with van der Waals surface area (Å²) in [5.74, 6) is 1.91. The predicted octanol–water partition coefficient (Wildman–Crippen LogP) is 3.70. The Labute approximate surface area is 98.4 Å². The van der Waals surface area contributed by atoms with Gasteiger partial charge in [-0.25, -0.2) is 0 Å². The fourth-order valence-electron chi connectivity index (χ4n) is 4.36. The first-order chi connectivity index (χ1) is 7.50. The molecule has 1 N–H and O–H groups in total. The Morgan fingerprint density at radius 3 is 2.25 bits per heavy atom. The molecule has 2 aliphatic carbocycles. The van der Waals surface area contributed by atoms with Crippen molar-refractivity contribution >= 4 is 5.97 Å². The maximum absolute atomic E-state index is 10.9. The van der Waals surface area contributed by atoms with Crippen LogP contribution in [0.15, 0.2) is 0 Å². The van der Waals surface area contributed by atoms with Gasteiger partial charge < -0.3 is 5.11 Å². The summed E-state index contributed by atoms with van der Waals surface area (Å²) in [6.45, 7) is 4.48. The molecule has 0 radical (unpaired) electrons. The van der Waals surface area contributed by atoms with Gasteiger partial charge in [-0.1, -0.05) is 20.3 Å². The molecule has 2 fully saturated rings. The molecule has 0 amide bonds. The molecule has 2 aliphatic rings. The van der Waals surface area contributed by atoms with Gasteiger partial charge in [-0.3, -0.25) is 4.79 Å². The van der Waals surface area contributed by atoms with E-state index in [2.05, 4.69) is 13.8 Å². The fraction of sp³-hybridized carbons (Fsp3) is 0.929. The molecule has 2 atom stereocenters. The molecule has 0 aromatic rings. The van der Waals surface area contributed by atoms with Gasteiger partial charge in [0.05, 0.1) is 6.42 Å². The van der Waals surface area contributed by atoms with Crippen LogP contribution in [0.2, 0.25) is 0 Å². The molecule has 2 heteroatoms. The quantitative estimate of drug-likeness (QED) is 0.793. The summed E-state index contributed by atoms with van der Waals surface area (Å²) in [4.78, 5) is 10.9. The van der Waals surface area contributed by atoms with Crippen LogP contribution in [0.4, 0.5) is 0 Å². The molecule has 2 unspecified atom stereocenters. The lowest BCUT2D eigenvalue weighted by molar-refractivity contribution is -0.141. The molecule has 2 nitrogen and oxygen atoms in total. The molecular formula is C14H24O2. The molecule has 92 valence electrons. The van der Waals surface area contributed by atoms with Crippen molar-refractivity contribution in [3.63, 3.8) is 0 Å². The minimum atomic E-state index is -0.616. The summed E-state index contributed by atoms with van der Waals surface area (Å²) in [6, 6.07) is 0. The highest BCUT2D eigenvalue weighted by Crippen LogP contribution is 2.52. The Morgan fingerprint density at radius 1 is 1.25 bits per heavy atom. The summed E-state index contributed by atoms with van der Waals surface area (Å²) in [6.07, 6.45) is 8.04. The number of hydrogen-bond acceptors (Lipinski definition) is 1. The van der Waals surface area contributed by atoms with Crippen LogP contribution in [0.3, 0.4) is 0 Å². The Balaban J connectivity index is 2.01. The van der Waals surface area contributed by atoms with E-state index in [0.29, 0.717) is 6.42 Å². The van der Waals surface area contributed by atoms with Crippen molar-refractivity contribution in [1.29, 1.82) is 0 Å². The Kier molecular flexibility index (Phi) is 3.27. The lowest BCUT2D eigenvalue weighted by atomic mass is 9.58. The number of hydrogen-bond donors (Lipinski definition) is 1. The molecule has 0 saturated heterocycles. The second-order valence-corrected chi connectivity index (χ2v) is 6.50. The minimum Gasteiger partial charge on any atom is -0.481 e. The third kappa shape index (κ3) is 2.58.